The van der Waals surface area contributed by atoms with Crippen LogP contribution in [-0.2, 0) is 6.61 Å². The summed E-state index contributed by atoms with van der Waals surface area (Å²) in [5, 5.41) is 23.3. The number of nitro groups is 1. The Bertz CT molecular complexity index is 1420. The maximum absolute atomic E-state index is 10.9. The standard InChI is InChI=1S/C26H16Cl2N2O3/c27-24-12-18(10-22(15-29)21-9-8-19-5-1-2-6-20(19)14-21)13-25(28)26(24)33-16-17-4-3-7-23(11-17)30(31)32/h1-14H,16H2/b22-10-. The van der Waals surface area contributed by atoms with E-state index in [0.29, 0.717) is 16.7 Å². The average molecular weight is 475 g/mol. The molecular formula is C26H16Cl2N2O3. The van der Waals surface area contributed by atoms with Gasteiger partial charge in [0.2, 0.25) is 0 Å². The molecule has 0 aromatic heterocycles. The van der Waals surface area contributed by atoms with Crippen molar-refractivity contribution in [3.63, 3.8) is 0 Å². The molecule has 0 fully saturated rings. The molecule has 7 heteroatoms. The Labute approximate surface area is 200 Å². The number of nitrogens with zero attached hydrogens (tertiary/aromatic N) is 2. The Morgan fingerprint density at radius 3 is 2.39 bits per heavy atom. The molecule has 0 radical (unpaired) electrons. The van der Waals surface area contributed by atoms with Crippen molar-refractivity contribution in [1.82, 2.24) is 0 Å². The molecule has 0 N–H and O–H groups in total. The highest BCUT2D eigenvalue weighted by Gasteiger charge is 2.12. The van der Waals surface area contributed by atoms with Crippen molar-refractivity contribution in [1.29, 1.82) is 5.26 Å². The fourth-order valence-corrected chi connectivity index (χ4v) is 4.03. The summed E-state index contributed by atoms with van der Waals surface area (Å²) in [5.41, 5.74) is 2.50. The lowest BCUT2D eigenvalue weighted by molar-refractivity contribution is -0.384. The minimum Gasteiger partial charge on any atom is -0.486 e. The molecule has 0 atom stereocenters. The second-order valence-electron chi connectivity index (χ2n) is 7.26. The van der Waals surface area contributed by atoms with Gasteiger partial charge in [-0.1, -0.05) is 71.7 Å². The van der Waals surface area contributed by atoms with Crippen molar-refractivity contribution in [3.05, 3.63) is 116 Å². The molecule has 0 aliphatic carbocycles. The summed E-state index contributed by atoms with van der Waals surface area (Å²) in [6.07, 6.45) is 1.71. The van der Waals surface area contributed by atoms with Gasteiger partial charge in [0.25, 0.3) is 5.69 Å². The quantitative estimate of drug-likeness (QED) is 0.124. The predicted molar refractivity (Wildman–Crippen MR) is 131 cm³/mol. The first-order valence-electron chi connectivity index (χ1n) is 9.91. The average Bonchev–Trinajstić information content (AvgIpc) is 2.82. The predicted octanol–water partition coefficient (Wildman–Crippen LogP) is 7.70. The van der Waals surface area contributed by atoms with Crippen LogP contribution < -0.4 is 4.74 Å². The molecule has 0 saturated carbocycles. The lowest BCUT2D eigenvalue weighted by Crippen LogP contribution is -1.98. The van der Waals surface area contributed by atoms with Gasteiger partial charge in [0.1, 0.15) is 6.61 Å². The summed E-state index contributed by atoms with van der Waals surface area (Å²) in [6, 6.07) is 25.5. The van der Waals surface area contributed by atoms with Gasteiger partial charge >= 0.3 is 0 Å². The molecule has 162 valence electrons. The van der Waals surface area contributed by atoms with E-state index in [9.17, 15) is 15.4 Å². The highest BCUT2D eigenvalue weighted by atomic mass is 35.5. The van der Waals surface area contributed by atoms with E-state index in [-0.39, 0.29) is 28.1 Å². The highest BCUT2D eigenvalue weighted by Crippen LogP contribution is 2.36. The molecule has 0 unspecified atom stereocenters. The minimum atomic E-state index is -0.465. The van der Waals surface area contributed by atoms with Gasteiger partial charge in [0.05, 0.1) is 26.6 Å². The van der Waals surface area contributed by atoms with Gasteiger partial charge in [0, 0.05) is 12.1 Å². The Balaban J connectivity index is 1.59. The second-order valence-corrected chi connectivity index (χ2v) is 8.08. The molecule has 5 nitrogen and oxygen atoms in total. The Kier molecular flexibility index (Phi) is 6.60. The number of ether oxygens (including phenoxy) is 1. The molecular weight excluding hydrogens is 459 g/mol. The first-order chi connectivity index (χ1) is 15.9. The first-order valence-corrected chi connectivity index (χ1v) is 10.7. The molecule has 0 saturated heterocycles. The Morgan fingerprint density at radius 1 is 0.970 bits per heavy atom. The maximum Gasteiger partial charge on any atom is 0.269 e. The van der Waals surface area contributed by atoms with Gasteiger partial charge in [-0.05, 0) is 51.7 Å². The zero-order chi connectivity index (χ0) is 23.4. The monoisotopic (exact) mass is 474 g/mol. The van der Waals surface area contributed by atoms with Crippen LogP contribution in [0.25, 0.3) is 22.4 Å². The Hall–Kier alpha value is -3.85. The number of halogens is 2. The van der Waals surface area contributed by atoms with E-state index in [1.807, 2.05) is 42.5 Å². The SMILES string of the molecule is N#C/C(=C/c1cc(Cl)c(OCc2cccc([N+](=O)[O-])c2)c(Cl)c1)c1ccc2ccccc2c1. The third kappa shape index (κ3) is 5.15. The van der Waals surface area contributed by atoms with E-state index in [2.05, 4.69) is 6.07 Å². The number of nitro benzene ring substituents is 1. The topological polar surface area (TPSA) is 76.2 Å². The molecule has 0 aliphatic rings. The fourth-order valence-electron chi connectivity index (χ4n) is 3.42. The first kappa shape index (κ1) is 22.3. The van der Waals surface area contributed by atoms with Crippen LogP contribution in [0.2, 0.25) is 10.0 Å². The van der Waals surface area contributed by atoms with Crippen molar-refractivity contribution in [3.8, 4) is 11.8 Å². The lowest BCUT2D eigenvalue weighted by atomic mass is 10.00. The van der Waals surface area contributed by atoms with Crippen molar-refractivity contribution < 1.29 is 9.66 Å². The summed E-state index contributed by atoms with van der Waals surface area (Å²) in [5.74, 6) is 0.270. The number of hydrogen-bond donors (Lipinski definition) is 0. The summed E-state index contributed by atoms with van der Waals surface area (Å²) < 4.78 is 5.74. The van der Waals surface area contributed by atoms with Gasteiger partial charge in [-0.15, -0.1) is 0 Å². The largest absolute Gasteiger partial charge is 0.486 e. The normalized spacial score (nSPS) is 11.2. The van der Waals surface area contributed by atoms with Gasteiger partial charge in [-0.2, -0.15) is 5.26 Å². The van der Waals surface area contributed by atoms with Gasteiger partial charge < -0.3 is 4.74 Å². The van der Waals surface area contributed by atoms with Crippen molar-refractivity contribution >= 4 is 51.3 Å². The molecule has 0 heterocycles. The van der Waals surface area contributed by atoms with Gasteiger partial charge in [0.15, 0.2) is 5.75 Å². The molecule has 4 aromatic carbocycles. The molecule has 0 amide bonds. The van der Waals surface area contributed by atoms with Gasteiger partial charge in [-0.25, -0.2) is 0 Å². The fraction of sp³-hybridized carbons (Fsp3) is 0.0385. The minimum absolute atomic E-state index is 0.0218. The molecule has 0 aliphatic heterocycles. The number of non-ortho nitro benzene ring substituents is 1. The maximum atomic E-state index is 10.9. The lowest BCUT2D eigenvalue weighted by Gasteiger charge is -2.11. The van der Waals surface area contributed by atoms with E-state index in [1.54, 1.807) is 30.3 Å². The molecule has 0 spiro atoms. The number of hydrogen-bond acceptors (Lipinski definition) is 4. The summed E-state index contributed by atoms with van der Waals surface area (Å²) in [7, 11) is 0. The third-order valence-corrected chi connectivity index (χ3v) is 5.58. The van der Waals surface area contributed by atoms with Crippen molar-refractivity contribution in [2.45, 2.75) is 6.61 Å². The molecule has 4 rings (SSSR count). The zero-order valence-electron chi connectivity index (χ0n) is 17.2. The van der Waals surface area contributed by atoms with Crippen LogP contribution in [0.5, 0.6) is 5.75 Å². The zero-order valence-corrected chi connectivity index (χ0v) is 18.7. The van der Waals surface area contributed by atoms with Gasteiger partial charge in [-0.3, -0.25) is 10.1 Å². The summed E-state index contributed by atoms with van der Waals surface area (Å²) in [4.78, 5) is 10.5. The van der Waals surface area contributed by atoms with E-state index in [0.717, 1.165) is 16.3 Å². The third-order valence-electron chi connectivity index (χ3n) is 5.02. The second kappa shape index (κ2) is 9.74. The number of nitriles is 1. The molecule has 0 bridgehead atoms. The van der Waals surface area contributed by atoms with Crippen LogP contribution in [0.4, 0.5) is 5.69 Å². The smallest absolute Gasteiger partial charge is 0.269 e. The molecule has 4 aromatic rings. The van der Waals surface area contributed by atoms with E-state index < -0.39 is 4.92 Å². The summed E-state index contributed by atoms with van der Waals surface area (Å²) in [6.45, 7) is 0.0663. The van der Waals surface area contributed by atoms with E-state index in [1.165, 1.54) is 12.1 Å². The Morgan fingerprint density at radius 2 is 1.70 bits per heavy atom. The summed E-state index contributed by atoms with van der Waals surface area (Å²) >= 11 is 12.8. The number of rotatable bonds is 6. The van der Waals surface area contributed by atoms with E-state index in [4.69, 9.17) is 27.9 Å². The molecule has 33 heavy (non-hydrogen) atoms. The van der Waals surface area contributed by atoms with Crippen LogP contribution in [0.1, 0.15) is 16.7 Å². The van der Waals surface area contributed by atoms with Crippen LogP contribution >= 0.6 is 23.2 Å². The van der Waals surface area contributed by atoms with Crippen LogP contribution in [0.15, 0.2) is 78.9 Å². The van der Waals surface area contributed by atoms with Crippen LogP contribution in [0.3, 0.4) is 0 Å². The highest BCUT2D eigenvalue weighted by molar-refractivity contribution is 6.37. The van der Waals surface area contributed by atoms with Crippen LogP contribution in [-0.4, -0.2) is 4.92 Å². The van der Waals surface area contributed by atoms with E-state index >= 15 is 0 Å². The number of allylic oxidation sites excluding steroid dienone is 1. The number of benzene rings is 4. The van der Waals surface area contributed by atoms with Crippen LogP contribution in [0, 0.1) is 21.4 Å². The van der Waals surface area contributed by atoms with Crippen molar-refractivity contribution in [2.24, 2.45) is 0 Å². The number of fused-ring (bicyclic) bond motifs is 1. The van der Waals surface area contributed by atoms with Crippen molar-refractivity contribution in [2.75, 3.05) is 0 Å².